The number of aliphatic hydroxyl groups is 1. The number of carbonyl (C=O) groups excluding carboxylic acids is 1. The number of hydrogen-bond donors (Lipinski definition) is 1. The lowest BCUT2D eigenvalue weighted by atomic mass is 9.87. The third kappa shape index (κ3) is 5.21. The summed E-state index contributed by atoms with van der Waals surface area (Å²) in [5.41, 5.74) is 2.72. The van der Waals surface area contributed by atoms with Gasteiger partial charge in [0.2, 0.25) is 0 Å². The quantitative estimate of drug-likeness (QED) is 0.440. The first kappa shape index (κ1) is 27.4. The van der Waals surface area contributed by atoms with Gasteiger partial charge in [-0.15, -0.1) is 8.78 Å². The molecule has 0 spiro atoms. The fourth-order valence-electron chi connectivity index (χ4n) is 5.42. The van der Waals surface area contributed by atoms with Crippen molar-refractivity contribution >= 4 is 16.8 Å². The number of rotatable bonds is 8. The summed E-state index contributed by atoms with van der Waals surface area (Å²) < 4.78 is 50.8. The first-order chi connectivity index (χ1) is 18.3. The number of fused-ring (bicyclic) bond motifs is 1. The average molecular weight is 560 g/mol. The fourth-order valence-corrected chi connectivity index (χ4v) is 6.80. The Bertz CT molecular complexity index is 1420. The van der Waals surface area contributed by atoms with Gasteiger partial charge in [-0.1, -0.05) is 42.5 Å². The highest BCUT2D eigenvalue weighted by atomic mass is 32.2. The third-order valence-corrected chi connectivity index (χ3v) is 9.25. The molecule has 0 bridgehead atoms. The molecule has 1 saturated carbocycles. The fraction of sp³-hybridized carbons (Fsp3) is 0.345. The lowest BCUT2D eigenvalue weighted by Gasteiger charge is -2.21. The Morgan fingerprint density at radius 2 is 1.77 bits per heavy atom. The van der Waals surface area contributed by atoms with E-state index in [0.717, 1.165) is 29.5 Å². The van der Waals surface area contributed by atoms with E-state index in [1.807, 2.05) is 52.8 Å². The maximum absolute atomic E-state index is 13.4. The Hall–Kier alpha value is -3.18. The second kappa shape index (κ2) is 10.4. The van der Waals surface area contributed by atoms with E-state index in [1.165, 1.54) is 12.1 Å². The van der Waals surface area contributed by atoms with Crippen molar-refractivity contribution in [2.75, 3.05) is 13.2 Å². The monoisotopic (exact) mass is 559 g/mol. The molecule has 6 rings (SSSR count). The van der Waals surface area contributed by atoms with Crippen LogP contribution in [0.3, 0.4) is 0 Å². The van der Waals surface area contributed by atoms with Crippen LogP contribution < -0.4 is 9.47 Å². The molecule has 0 aromatic heterocycles. The molecule has 208 valence electrons. The molecular weight excluding hydrogens is 528 g/mol. The van der Waals surface area contributed by atoms with E-state index in [2.05, 4.69) is 9.47 Å². The van der Waals surface area contributed by atoms with E-state index in [1.54, 1.807) is 6.07 Å². The highest BCUT2D eigenvalue weighted by molar-refractivity contribution is 7.82. The van der Waals surface area contributed by atoms with Crippen LogP contribution in [0.1, 0.15) is 38.2 Å². The number of halogens is 2. The van der Waals surface area contributed by atoms with Crippen LogP contribution in [0, 0.1) is 0 Å². The predicted octanol–water partition coefficient (Wildman–Crippen LogP) is 4.42. The number of aliphatic hydroxyl groups excluding tert-OH is 1. The first-order valence-corrected chi connectivity index (χ1v) is 13.8. The summed E-state index contributed by atoms with van der Waals surface area (Å²) in [7, 11) is -1.32. The molecule has 2 aliphatic heterocycles. The Balaban J connectivity index is 0.00000185. The lowest BCUT2D eigenvalue weighted by Crippen LogP contribution is -2.33. The van der Waals surface area contributed by atoms with Gasteiger partial charge in [-0.2, -0.15) is 0 Å². The van der Waals surface area contributed by atoms with Gasteiger partial charge in [-0.3, -0.25) is 4.79 Å². The predicted molar refractivity (Wildman–Crippen MR) is 143 cm³/mol. The number of ether oxygens (including phenoxy) is 2. The van der Waals surface area contributed by atoms with Crippen LogP contribution in [0.15, 0.2) is 71.6 Å². The van der Waals surface area contributed by atoms with Crippen molar-refractivity contribution in [3.8, 4) is 22.6 Å². The van der Waals surface area contributed by atoms with Crippen LogP contribution in [0.25, 0.3) is 11.1 Å². The molecule has 2 atom stereocenters. The molecule has 1 unspecified atom stereocenters. The molecule has 1 aliphatic carbocycles. The zero-order chi connectivity index (χ0) is 26.5. The van der Waals surface area contributed by atoms with Gasteiger partial charge in [0.15, 0.2) is 11.5 Å². The van der Waals surface area contributed by atoms with Crippen molar-refractivity contribution in [1.82, 2.24) is 4.31 Å². The molecule has 3 aromatic rings. The lowest BCUT2D eigenvalue weighted by molar-refractivity contribution is -0.286. The minimum atomic E-state index is -3.69. The van der Waals surface area contributed by atoms with Crippen LogP contribution in [0.4, 0.5) is 8.78 Å². The largest absolute Gasteiger partial charge is 0.586 e. The Morgan fingerprint density at radius 1 is 1.03 bits per heavy atom. The standard InChI is InChI=1S/C29H27F2NO5S.H2O.H2/c30-29(31)36-25-11-8-22(17-26(25)37-29)28(12-13-28)27(34)16-19-3-1-4-21(15-19)20-6-9-24(10-7-20)38(35)32-14-2-5-23(32)18-33;;/h1,3-4,6-11,15,17,23,33H,2,5,12-14,16,18H2;1H2;1H/t23-,38?;;/m1../s1. The van der Waals surface area contributed by atoms with Crippen LogP contribution in [-0.4, -0.2) is 50.4 Å². The van der Waals surface area contributed by atoms with Crippen molar-refractivity contribution in [2.45, 2.75) is 54.8 Å². The second-order valence-electron chi connectivity index (χ2n) is 10.1. The molecular formula is C29H31F2NO6S. The van der Waals surface area contributed by atoms with E-state index in [0.29, 0.717) is 29.8 Å². The molecule has 3 aliphatic rings. The zero-order valence-electron chi connectivity index (χ0n) is 21.1. The van der Waals surface area contributed by atoms with Crippen molar-refractivity contribution in [2.24, 2.45) is 0 Å². The summed E-state index contributed by atoms with van der Waals surface area (Å²) in [4.78, 5) is 14.1. The minimum Gasteiger partial charge on any atom is -0.412 e. The molecule has 2 fully saturated rings. The smallest absolute Gasteiger partial charge is 0.412 e. The number of Topliss-reactive ketones (excluding diaryl/α,β-unsaturated/α-hetero) is 1. The summed E-state index contributed by atoms with van der Waals surface area (Å²) >= 11 is 0. The third-order valence-electron chi connectivity index (χ3n) is 7.67. The minimum absolute atomic E-state index is 0. The van der Waals surface area contributed by atoms with E-state index in [9.17, 15) is 22.9 Å². The molecule has 10 heteroatoms. The topological polar surface area (TPSA) is 108 Å². The highest BCUT2D eigenvalue weighted by Gasteiger charge is 2.52. The maximum atomic E-state index is 13.4. The number of carbonyl (C=O) groups is 1. The van der Waals surface area contributed by atoms with Crippen LogP contribution in [-0.2, 0) is 27.6 Å². The van der Waals surface area contributed by atoms with Crippen molar-refractivity contribution in [1.29, 1.82) is 0 Å². The van der Waals surface area contributed by atoms with Crippen LogP contribution >= 0.6 is 0 Å². The van der Waals surface area contributed by atoms with Gasteiger partial charge in [0.1, 0.15) is 16.8 Å². The van der Waals surface area contributed by atoms with E-state index in [-0.39, 0.29) is 43.3 Å². The van der Waals surface area contributed by atoms with Crippen molar-refractivity contribution < 1.29 is 39.3 Å². The molecule has 3 aromatic carbocycles. The molecule has 0 radical (unpaired) electrons. The van der Waals surface area contributed by atoms with Crippen LogP contribution in [0.2, 0.25) is 0 Å². The van der Waals surface area contributed by atoms with Crippen molar-refractivity contribution in [3.05, 3.63) is 77.9 Å². The summed E-state index contributed by atoms with van der Waals surface area (Å²) in [5.74, 6) is -0.0390. The van der Waals surface area contributed by atoms with Crippen LogP contribution in [0.5, 0.6) is 11.5 Å². The number of alkyl halides is 2. The van der Waals surface area contributed by atoms with Gasteiger partial charge in [0.05, 0.1) is 16.9 Å². The molecule has 1 saturated heterocycles. The Labute approximate surface area is 228 Å². The molecule has 2 heterocycles. The maximum Gasteiger partial charge on any atom is 0.586 e. The van der Waals surface area contributed by atoms with Crippen molar-refractivity contribution in [3.63, 3.8) is 0 Å². The van der Waals surface area contributed by atoms with Gasteiger partial charge >= 0.3 is 6.29 Å². The van der Waals surface area contributed by atoms with Gasteiger partial charge in [0, 0.05) is 20.4 Å². The molecule has 3 N–H and O–H groups in total. The SMILES string of the molecule is O.O=C(Cc1cccc(-c2ccc(S(=O)N3CCC[C@@H]3CO)cc2)c1)C1(c2ccc3c(c2)OC(F)(F)O3)CC1.[HH]. The Kier molecular flexibility index (Phi) is 7.32. The number of nitrogens with zero attached hydrogens (tertiary/aromatic N) is 1. The summed E-state index contributed by atoms with van der Waals surface area (Å²) in [5, 5.41) is 9.55. The number of hydrogen-bond acceptors (Lipinski definition) is 5. The normalized spacial score (nSPS) is 21.3. The summed E-state index contributed by atoms with van der Waals surface area (Å²) in [6.45, 7) is 0.705. The van der Waals surface area contributed by atoms with E-state index in [4.69, 9.17) is 0 Å². The van der Waals surface area contributed by atoms with Gasteiger partial charge < -0.3 is 20.1 Å². The number of ketones is 1. The first-order valence-electron chi connectivity index (χ1n) is 12.7. The molecule has 39 heavy (non-hydrogen) atoms. The molecule has 0 amide bonds. The summed E-state index contributed by atoms with van der Waals surface area (Å²) in [6, 6.07) is 19.8. The Morgan fingerprint density at radius 3 is 2.49 bits per heavy atom. The van der Waals surface area contributed by atoms with Gasteiger partial charge in [-0.25, -0.2) is 8.51 Å². The van der Waals surface area contributed by atoms with Gasteiger partial charge in [-0.05, 0) is 72.2 Å². The van der Waals surface area contributed by atoms with E-state index >= 15 is 0 Å². The second-order valence-corrected chi connectivity index (χ2v) is 11.5. The zero-order valence-corrected chi connectivity index (χ0v) is 21.9. The average Bonchev–Trinajstić information content (AvgIpc) is 3.48. The highest BCUT2D eigenvalue weighted by Crippen LogP contribution is 2.52. The van der Waals surface area contributed by atoms with E-state index < -0.39 is 22.7 Å². The summed E-state index contributed by atoms with van der Waals surface area (Å²) in [6.07, 6.45) is -0.379. The number of benzene rings is 3. The molecule has 7 nitrogen and oxygen atoms in total. The van der Waals surface area contributed by atoms with Gasteiger partial charge in [0.25, 0.3) is 0 Å².